The fourth-order valence-electron chi connectivity index (χ4n) is 3.18. The third-order valence-electron chi connectivity index (χ3n) is 4.47. The molecule has 6 heteroatoms. The van der Waals surface area contributed by atoms with Crippen LogP contribution in [0.3, 0.4) is 0 Å². The highest BCUT2D eigenvalue weighted by atomic mass is 16.5. The molecule has 28 heavy (non-hydrogen) atoms. The number of hydrogen-bond acceptors (Lipinski definition) is 3. The van der Waals surface area contributed by atoms with Crippen molar-refractivity contribution in [3.63, 3.8) is 0 Å². The average molecular weight is 380 g/mol. The molecule has 0 fully saturated rings. The third kappa shape index (κ3) is 5.74. The maximum atomic E-state index is 11.2. The van der Waals surface area contributed by atoms with Crippen LogP contribution in [-0.2, 0) is 24.2 Å². The first kappa shape index (κ1) is 19.7. The van der Waals surface area contributed by atoms with Gasteiger partial charge in [0.2, 0.25) is 5.91 Å². The first-order valence-electron chi connectivity index (χ1n) is 9.77. The Morgan fingerprint density at radius 3 is 2.86 bits per heavy atom. The number of nitrogens with one attached hydrogen (secondary N) is 3. The Balaban J connectivity index is 1.54. The van der Waals surface area contributed by atoms with Crippen LogP contribution in [0.5, 0.6) is 5.75 Å². The summed E-state index contributed by atoms with van der Waals surface area (Å²) in [5, 5.41) is 9.47. The SMILES string of the molecule is CCNC(=NCc1cccc(NC(C)=O)c1)NCCc1ccc2c(c1)CCO2. The van der Waals surface area contributed by atoms with E-state index in [1.807, 2.05) is 24.3 Å². The van der Waals surface area contributed by atoms with Gasteiger partial charge in [0.05, 0.1) is 13.2 Å². The summed E-state index contributed by atoms with van der Waals surface area (Å²) in [6.45, 7) is 6.49. The fraction of sp³-hybridized carbons (Fsp3) is 0.364. The maximum Gasteiger partial charge on any atom is 0.221 e. The summed E-state index contributed by atoms with van der Waals surface area (Å²) in [6, 6.07) is 14.2. The first-order chi connectivity index (χ1) is 13.6. The molecule has 2 aromatic carbocycles. The summed E-state index contributed by atoms with van der Waals surface area (Å²) in [6.07, 6.45) is 1.92. The molecule has 1 amide bonds. The molecule has 0 unspecified atom stereocenters. The first-order valence-corrected chi connectivity index (χ1v) is 9.77. The summed E-state index contributed by atoms with van der Waals surface area (Å²) in [5.74, 6) is 1.74. The van der Waals surface area contributed by atoms with Gasteiger partial charge in [0, 0.05) is 32.1 Å². The van der Waals surface area contributed by atoms with E-state index in [4.69, 9.17) is 4.74 Å². The van der Waals surface area contributed by atoms with Gasteiger partial charge in [-0.15, -0.1) is 0 Å². The van der Waals surface area contributed by atoms with Gasteiger partial charge in [-0.05, 0) is 48.2 Å². The second kappa shape index (κ2) is 9.78. The van der Waals surface area contributed by atoms with Gasteiger partial charge in [0.25, 0.3) is 0 Å². The summed E-state index contributed by atoms with van der Waals surface area (Å²) in [5.41, 5.74) is 4.44. The number of ether oxygens (including phenoxy) is 1. The second-order valence-electron chi connectivity index (χ2n) is 6.79. The fourth-order valence-corrected chi connectivity index (χ4v) is 3.18. The Bertz CT molecular complexity index is 848. The molecule has 3 N–H and O–H groups in total. The van der Waals surface area contributed by atoms with Crippen molar-refractivity contribution in [2.24, 2.45) is 4.99 Å². The largest absolute Gasteiger partial charge is 0.493 e. The highest BCUT2D eigenvalue weighted by Gasteiger charge is 2.11. The second-order valence-corrected chi connectivity index (χ2v) is 6.79. The highest BCUT2D eigenvalue weighted by Crippen LogP contribution is 2.25. The number of carbonyl (C=O) groups excluding carboxylic acids is 1. The summed E-state index contributed by atoms with van der Waals surface area (Å²) in [4.78, 5) is 15.9. The van der Waals surface area contributed by atoms with Gasteiger partial charge in [0.1, 0.15) is 5.75 Å². The third-order valence-corrected chi connectivity index (χ3v) is 4.47. The molecule has 148 valence electrons. The Labute approximate surface area is 166 Å². The van der Waals surface area contributed by atoms with Crippen LogP contribution in [0.15, 0.2) is 47.5 Å². The number of fused-ring (bicyclic) bond motifs is 1. The van der Waals surface area contributed by atoms with Gasteiger partial charge in [-0.1, -0.05) is 24.3 Å². The minimum Gasteiger partial charge on any atom is -0.493 e. The number of hydrogen-bond donors (Lipinski definition) is 3. The van der Waals surface area contributed by atoms with Crippen molar-refractivity contribution in [2.45, 2.75) is 33.2 Å². The van der Waals surface area contributed by atoms with Crippen molar-refractivity contribution in [3.8, 4) is 5.75 Å². The van der Waals surface area contributed by atoms with E-state index in [0.29, 0.717) is 6.54 Å². The zero-order chi connectivity index (χ0) is 19.8. The standard InChI is InChI=1S/C22H28N4O2/c1-3-23-22(25-15-18-5-4-6-20(14-18)26-16(2)27)24-11-9-17-7-8-21-19(13-17)10-12-28-21/h4-8,13-14H,3,9-12,15H2,1-2H3,(H,26,27)(H2,23,24,25). The van der Waals surface area contributed by atoms with Crippen LogP contribution in [-0.4, -0.2) is 31.6 Å². The van der Waals surface area contributed by atoms with Crippen LogP contribution < -0.4 is 20.7 Å². The molecule has 0 aromatic heterocycles. The molecule has 0 spiro atoms. The van der Waals surface area contributed by atoms with E-state index in [1.54, 1.807) is 0 Å². The van der Waals surface area contributed by atoms with Crippen LogP contribution in [0, 0.1) is 0 Å². The van der Waals surface area contributed by atoms with E-state index >= 15 is 0 Å². The van der Waals surface area contributed by atoms with Crippen molar-refractivity contribution < 1.29 is 9.53 Å². The van der Waals surface area contributed by atoms with Crippen LogP contribution in [0.25, 0.3) is 0 Å². The number of aliphatic imine (C=N–C) groups is 1. The minimum atomic E-state index is -0.0752. The Morgan fingerprint density at radius 2 is 2.04 bits per heavy atom. The highest BCUT2D eigenvalue weighted by molar-refractivity contribution is 5.88. The number of carbonyl (C=O) groups is 1. The summed E-state index contributed by atoms with van der Waals surface area (Å²) in [7, 11) is 0. The molecule has 0 radical (unpaired) electrons. The monoisotopic (exact) mass is 380 g/mol. The van der Waals surface area contributed by atoms with Gasteiger partial charge in [-0.2, -0.15) is 0 Å². The lowest BCUT2D eigenvalue weighted by molar-refractivity contribution is -0.114. The molecule has 0 atom stereocenters. The molecule has 6 nitrogen and oxygen atoms in total. The smallest absolute Gasteiger partial charge is 0.221 e. The Kier molecular flexibility index (Phi) is 6.89. The quantitative estimate of drug-likeness (QED) is 0.510. The molecular formula is C22H28N4O2. The van der Waals surface area contributed by atoms with Crippen LogP contribution >= 0.6 is 0 Å². The van der Waals surface area contributed by atoms with E-state index in [9.17, 15) is 4.79 Å². The Hall–Kier alpha value is -3.02. The van der Waals surface area contributed by atoms with Crippen molar-refractivity contribution in [3.05, 3.63) is 59.2 Å². The zero-order valence-electron chi connectivity index (χ0n) is 16.5. The minimum absolute atomic E-state index is 0.0752. The molecule has 1 aliphatic rings. The number of anilines is 1. The van der Waals surface area contributed by atoms with Crippen molar-refractivity contribution >= 4 is 17.6 Å². The lowest BCUT2D eigenvalue weighted by Gasteiger charge is -2.12. The number of benzene rings is 2. The molecule has 3 rings (SSSR count). The van der Waals surface area contributed by atoms with Gasteiger partial charge in [-0.3, -0.25) is 4.79 Å². The summed E-state index contributed by atoms with van der Waals surface area (Å²) < 4.78 is 5.56. The van der Waals surface area contributed by atoms with Crippen molar-refractivity contribution in [2.75, 3.05) is 25.0 Å². The van der Waals surface area contributed by atoms with Gasteiger partial charge in [0.15, 0.2) is 5.96 Å². The van der Waals surface area contributed by atoms with Crippen LogP contribution in [0.2, 0.25) is 0 Å². The van der Waals surface area contributed by atoms with Gasteiger partial charge < -0.3 is 20.7 Å². The van der Waals surface area contributed by atoms with E-state index in [-0.39, 0.29) is 5.91 Å². The van der Waals surface area contributed by atoms with E-state index in [2.05, 4.69) is 46.1 Å². The summed E-state index contributed by atoms with van der Waals surface area (Å²) >= 11 is 0. The lowest BCUT2D eigenvalue weighted by atomic mass is 10.1. The molecular weight excluding hydrogens is 352 g/mol. The van der Waals surface area contributed by atoms with E-state index in [0.717, 1.165) is 55.5 Å². The molecule has 2 aromatic rings. The molecule has 0 saturated carbocycles. The van der Waals surface area contributed by atoms with Gasteiger partial charge in [-0.25, -0.2) is 4.99 Å². The topological polar surface area (TPSA) is 74.8 Å². The average Bonchev–Trinajstić information content (AvgIpc) is 3.14. The van der Waals surface area contributed by atoms with Crippen molar-refractivity contribution in [1.29, 1.82) is 0 Å². The number of amides is 1. The number of rotatable bonds is 7. The zero-order valence-corrected chi connectivity index (χ0v) is 16.5. The molecule has 1 heterocycles. The van der Waals surface area contributed by atoms with Crippen LogP contribution in [0.1, 0.15) is 30.5 Å². The molecule has 0 saturated heterocycles. The van der Waals surface area contributed by atoms with Crippen molar-refractivity contribution in [1.82, 2.24) is 10.6 Å². The van der Waals surface area contributed by atoms with Crippen LogP contribution in [0.4, 0.5) is 5.69 Å². The lowest BCUT2D eigenvalue weighted by Crippen LogP contribution is -2.38. The maximum absolute atomic E-state index is 11.2. The normalized spacial score (nSPS) is 12.9. The van der Waals surface area contributed by atoms with E-state index in [1.165, 1.54) is 18.1 Å². The number of nitrogens with zero attached hydrogens (tertiary/aromatic N) is 1. The number of guanidine groups is 1. The molecule has 0 bridgehead atoms. The predicted octanol–water partition coefficient (Wildman–Crippen LogP) is 2.88. The van der Waals surface area contributed by atoms with Gasteiger partial charge >= 0.3 is 0 Å². The predicted molar refractivity (Wildman–Crippen MR) is 113 cm³/mol. The van der Waals surface area contributed by atoms with E-state index < -0.39 is 0 Å². The molecule has 1 aliphatic heterocycles. The Morgan fingerprint density at radius 1 is 1.14 bits per heavy atom. The molecule has 0 aliphatic carbocycles.